The van der Waals surface area contributed by atoms with Crippen molar-refractivity contribution in [3.05, 3.63) is 30.3 Å². The molecule has 2 atom stereocenters. The van der Waals surface area contributed by atoms with Gasteiger partial charge in [-0.05, 0) is 19.1 Å². The van der Waals surface area contributed by atoms with Crippen LogP contribution in [-0.2, 0) is 14.8 Å². The lowest BCUT2D eigenvalue weighted by molar-refractivity contribution is -0.138. The Morgan fingerprint density at radius 1 is 1.29 bits per heavy atom. The lowest BCUT2D eigenvalue weighted by atomic mass is 10.0. The van der Waals surface area contributed by atoms with E-state index < -0.39 is 22.0 Å². The Morgan fingerprint density at radius 2 is 1.90 bits per heavy atom. The van der Waals surface area contributed by atoms with Gasteiger partial charge in [-0.15, -0.1) is 0 Å². The maximum absolute atomic E-state index is 11.9. The van der Waals surface area contributed by atoms with Gasteiger partial charge in [0.2, 0.25) is 10.0 Å². The molecule has 1 aromatic carbocycles. The van der Waals surface area contributed by atoms with Crippen molar-refractivity contribution in [1.82, 2.24) is 4.31 Å². The van der Waals surface area contributed by atoms with E-state index in [1.807, 2.05) is 37.3 Å². The molecule has 1 heterocycles. The molecule has 0 spiro atoms. The summed E-state index contributed by atoms with van der Waals surface area (Å²) in [5, 5.41) is 9.08. The average Bonchev–Trinajstić information content (AvgIpc) is 2.40. The molecule has 1 aliphatic rings. The number of nitrogens with zero attached hydrogens (tertiary/aromatic N) is 2. The Morgan fingerprint density at radius 3 is 2.43 bits per heavy atom. The minimum Gasteiger partial charge on any atom is -0.481 e. The second-order valence-corrected chi connectivity index (χ2v) is 7.24. The number of hydrogen-bond acceptors (Lipinski definition) is 4. The first kappa shape index (κ1) is 15.8. The Labute approximate surface area is 125 Å². The van der Waals surface area contributed by atoms with Gasteiger partial charge >= 0.3 is 5.97 Å². The van der Waals surface area contributed by atoms with Crippen molar-refractivity contribution in [2.45, 2.75) is 25.4 Å². The molecule has 1 aromatic rings. The number of piperazine rings is 1. The fourth-order valence-electron chi connectivity index (χ4n) is 2.87. The Kier molecular flexibility index (Phi) is 4.53. The van der Waals surface area contributed by atoms with Gasteiger partial charge < -0.3 is 10.0 Å². The van der Waals surface area contributed by atoms with Crippen LogP contribution in [0.3, 0.4) is 0 Å². The van der Waals surface area contributed by atoms with Gasteiger partial charge in [0.1, 0.15) is 0 Å². The number of rotatable bonds is 4. The van der Waals surface area contributed by atoms with Crippen LogP contribution in [0.4, 0.5) is 5.69 Å². The van der Waals surface area contributed by atoms with Gasteiger partial charge in [0.15, 0.2) is 0 Å². The van der Waals surface area contributed by atoms with E-state index in [1.54, 1.807) is 0 Å². The first-order valence-electron chi connectivity index (χ1n) is 6.81. The summed E-state index contributed by atoms with van der Waals surface area (Å²) in [6.07, 6.45) is 0.935. The monoisotopic (exact) mass is 312 g/mol. The quantitative estimate of drug-likeness (QED) is 0.897. The van der Waals surface area contributed by atoms with Crippen molar-refractivity contribution in [1.29, 1.82) is 0 Å². The zero-order valence-corrected chi connectivity index (χ0v) is 13.0. The molecule has 2 rings (SSSR count). The molecule has 6 nitrogen and oxygen atoms in total. The summed E-state index contributed by atoms with van der Waals surface area (Å²) in [7, 11) is -3.42. The maximum Gasteiger partial charge on any atom is 0.305 e. The number of sulfonamides is 1. The largest absolute Gasteiger partial charge is 0.481 e. The number of hydrogen-bond donors (Lipinski definition) is 1. The van der Waals surface area contributed by atoms with Crippen molar-refractivity contribution in [3.63, 3.8) is 0 Å². The molecule has 0 aliphatic carbocycles. The van der Waals surface area contributed by atoms with E-state index >= 15 is 0 Å². The van der Waals surface area contributed by atoms with Crippen molar-refractivity contribution in [3.8, 4) is 0 Å². The predicted molar refractivity (Wildman–Crippen MR) is 80.8 cm³/mol. The second kappa shape index (κ2) is 6.03. The summed E-state index contributed by atoms with van der Waals surface area (Å²) in [5.41, 5.74) is 0.980. The summed E-state index contributed by atoms with van der Waals surface area (Å²) < 4.78 is 25.1. The fraction of sp³-hybridized carbons (Fsp3) is 0.500. The normalized spacial score (nSPS) is 24.0. The third-order valence-electron chi connectivity index (χ3n) is 3.88. The third-order valence-corrected chi connectivity index (χ3v) is 5.18. The summed E-state index contributed by atoms with van der Waals surface area (Å²) >= 11 is 0. The number of carboxylic acids is 1. The number of para-hydroxylation sites is 1. The van der Waals surface area contributed by atoms with Crippen molar-refractivity contribution < 1.29 is 18.3 Å². The number of anilines is 1. The zero-order valence-electron chi connectivity index (χ0n) is 12.1. The molecule has 21 heavy (non-hydrogen) atoms. The van der Waals surface area contributed by atoms with E-state index in [9.17, 15) is 13.2 Å². The van der Waals surface area contributed by atoms with Crippen molar-refractivity contribution >= 4 is 21.7 Å². The number of carboxylic acid groups (broad SMARTS) is 1. The molecule has 0 bridgehead atoms. The van der Waals surface area contributed by atoms with Gasteiger partial charge in [-0.3, -0.25) is 4.79 Å². The highest BCUT2D eigenvalue weighted by atomic mass is 32.2. The van der Waals surface area contributed by atoms with Crippen molar-refractivity contribution in [2.24, 2.45) is 0 Å². The lowest BCUT2D eigenvalue weighted by Crippen LogP contribution is -2.60. The van der Waals surface area contributed by atoms with E-state index in [-0.39, 0.29) is 12.5 Å². The summed E-state index contributed by atoms with van der Waals surface area (Å²) in [6.45, 7) is 2.72. The van der Waals surface area contributed by atoms with Crippen LogP contribution in [0.25, 0.3) is 0 Å². The SMILES string of the molecule is C[C@@H]1[C@H](CC(=O)O)N(S(C)(=O)=O)CCN1c1ccccc1. The van der Waals surface area contributed by atoms with Crippen LogP contribution in [-0.4, -0.2) is 55.2 Å². The highest BCUT2D eigenvalue weighted by molar-refractivity contribution is 7.88. The summed E-state index contributed by atoms with van der Waals surface area (Å²) in [6, 6.07) is 8.87. The molecule has 0 aromatic heterocycles. The van der Waals surface area contributed by atoms with Crippen LogP contribution in [0, 0.1) is 0 Å². The minimum absolute atomic E-state index is 0.197. The van der Waals surface area contributed by atoms with Crippen LogP contribution in [0.1, 0.15) is 13.3 Å². The van der Waals surface area contributed by atoms with Crippen molar-refractivity contribution in [2.75, 3.05) is 24.2 Å². The van der Waals surface area contributed by atoms with Gasteiger partial charge in [-0.2, -0.15) is 4.31 Å². The molecular formula is C14H20N2O4S. The second-order valence-electron chi connectivity index (χ2n) is 5.31. The Balaban J connectivity index is 2.31. The van der Waals surface area contributed by atoms with Crippen LogP contribution in [0.5, 0.6) is 0 Å². The Hall–Kier alpha value is -1.60. The van der Waals surface area contributed by atoms with E-state index in [0.717, 1.165) is 11.9 Å². The predicted octanol–water partition coefficient (Wildman–Crippen LogP) is 1.00. The molecule has 1 N–H and O–H groups in total. The van der Waals surface area contributed by atoms with Gasteiger partial charge in [-0.25, -0.2) is 8.42 Å². The minimum atomic E-state index is -3.42. The topological polar surface area (TPSA) is 77.9 Å². The molecular weight excluding hydrogens is 292 g/mol. The van der Waals surface area contributed by atoms with Crippen LogP contribution >= 0.6 is 0 Å². The van der Waals surface area contributed by atoms with Gasteiger partial charge in [0.05, 0.1) is 18.7 Å². The molecule has 1 aliphatic heterocycles. The van der Waals surface area contributed by atoms with E-state index in [4.69, 9.17) is 5.11 Å². The highest BCUT2D eigenvalue weighted by Crippen LogP contribution is 2.27. The van der Waals surface area contributed by atoms with E-state index in [2.05, 4.69) is 4.90 Å². The zero-order chi connectivity index (χ0) is 15.6. The van der Waals surface area contributed by atoms with E-state index in [0.29, 0.717) is 13.1 Å². The van der Waals surface area contributed by atoms with Gasteiger partial charge in [0.25, 0.3) is 0 Å². The van der Waals surface area contributed by atoms with Crippen LogP contribution in [0.15, 0.2) is 30.3 Å². The average molecular weight is 312 g/mol. The molecule has 0 amide bonds. The standard InChI is InChI=1S/C14H20N2O4S/c1-11-13(10-14(17)18)16(21(2,19)20)9-8-15(11)12-6-4-3-5-7-12/h3-7,11,13H,8-10H2,1-2H3,(H,17,18)/t11-,13+/m1/s1. The molecule has 1 fully saturated rings. The number of benzene rings is 1. The van der Waals surface area contributed by atoms with E-state index in [1.165, 1.54) is 4.31 Å². The van der Waals surface area contributed by atoms with Crippen LogP contribution in [0.2, 0.25) is 0 Å². The smallest absolute Gasteiger partial charge is 0.305 e. The molecule has 7 heteroatoms. The lowest BCUT2D eigenvalue weighted by Gasteiger charge is -2.45. The van der Waals surface area contributed by atoms with Crippen LogP contribution < -0.4 is 4.90 Å². The number of carbonyl (C=O) groups is 1. The maximum atomic E-state index is 11.9. The fourth-order valence-corrected chi connectivity index (χ4v) is 4.03. The van der Waals surface area contributed by atoms with Gasteiger partial charge in [0, 0.05) is 24.8 Å². The summed E-state index contributed by atoms with van der Waals surface area (Å²) in [4.78, 5) is 13.2. The first-order valence-corrected chi connectivity index (χ1v) is 8.66. The molecule has 116 valence electrons. The number of aliphatic carboxylic acids is 1. The third kappa shape index (κ3) is 3.54. The Bertz CT molecular complexity index is 603. The van der Waals surface area contributed by atoms with Gasteiger partial charge in [-0.1, -0.05) is 18.2 Å². The molecule has 1 saturated heterocycles. The molecule has 0 radical (unpaired) electrons. The molecule has 0 saturated carbocycles. The first-order chi connectivity index (χ1) is 9.80. The molecule has 0 unspecified atom stereocenters. The highest BCUT2D eigenvalue weighted by Gasteiger charge is 2.39. The summed E-state index contributed by atoms with van der Waals surface area (Å²) in [5.74, 6) is -0.990.